The van der Waals surface area contributed by atoms with Gasteiger partial charge in [-0.05, 0) is 12.2 Å². The molecule has 0 amide bonds. The van der Waals surface area contributed by atoms with Crippen molar-refractivity contribution in [1.82, 2.24) is 0 Å². The van der Waals surface area contributed by atoms with Crippen LogP contribution in [0.2, 0.25) is 0 Å². The van der Waals surface area contributed by atoms with E-state index in [1.807, 2.05) is 0 Å². The molecule has 0 unspecified atom stereocenters. The van der Waals surface area contributed by atoms with Crippen molar-refractivity contribution in [2.24, 2.45) is 15.4 Å². The molecule has 0 aliphatic carbocycles. The largest absolute Gasteiger partial charge is 0.270 e. The van der Waals surface area contributed by atoms with Crippen LogP contribution in [0.15, 0.2) is 35.3 Å². The Hall–Kier alpha value is -1.18. The summed E-state index contributed by atoms with van der Waals surface area (Å²) in [5.74, 6) is 0.643. The molecule has 0 saturated carbocycles. The number of allylic oxidation sites excluding steroid dienone is 1. The molecule has 0 aliphatic heterocycles. The highest BCUT2D eigenvalue weighted by atomic mass is 14.9. The molecule has 0 aliphatic rings. The standard InChI is InChI=1S/C11H18N2/c1-7-9(11(3,4)5)13-10(8-2)12-6/h7-8H,1-2H2,3-6H3. The van der Waals surface area contributed by atoms with Crippen molar-refractivity contribution in [2.45, 2.75) is 20.8 Å². The van der Waals surface area contributed by atoms with Crippen LogP contribution >= 0.6 is 0 Å². The predicted molar refractivity (Wildman–Crippen MR) is 60.6 cm³/mol. The van der Waals surface area contributed by atoms with Gasteiger partial charge in [-0.2, -0.15) is 0 Å². The number of rotatable bonds is 2. The Balaban J connectivity index is 4.98. The van der Waals surface area contributed by atoms with Crippen molar-refractivity contribution >= 4 is 11.5 Å². The molecule has 0 aromatic heterocycles. The Morgan fingerprint density at radius 1 is 1.15 bits per heavy atom. The first-order valence-corrected chi connectivity index (χ1v) is 4.26. The quantitative estimate of drug-likeness (QED) is 0.459. The highest BCUT2D eigenvalue weighted by Crippen LogP contribution is 2.16. The fourth-order valence-electron chi connectivity index (χ4n) is 0.830. The van der Waals surface area contributed by atoms with Gasteiger partial charge in [0.1, 0.15) is 5.84 Å². The topological polar surface area (TPSA) is 24.7 Å². The molecule has 0 aromatic rings. The van der Waals surface area contributed by atoms with Crippen LogP contribution in [0, 0.1) is 5.41 Å². The molecule has 0 bridgehead atoms. The van der Waals surface area contributed by atoms with Gasteiger partial charge in [0.25, 0.3) is 0 Å². The second-order valence-corrected chi connectivity index (χ2v) is 3.74. The minimum atomic E-state index is 0.000694. The van der Waals surface area contributed by atoms with Gasteiger partial charge in [-0.25, -0.2) is 4.99 Å². The summed E-state index contributed by atoms with van der Waals surface area (Å²) in [7, 11) is 1.70. The van der Waals surface area contributed by atoms with E-state index < -0.39 is 0 Å². The van der Waals surface area contributed by atoms with Crippen molar-refractivity contribution in [3.63, 3.8) is 0 Å². The van der Waals surface area contributed by atoms with Crippen LogP contribution in [0.1, 0.15) is 20.8 Å². The first-order chi connectivity index (χ1) is 5.95. The lowest BCUT2D eigenvalue weighted by molar-refractivity contribution is 0.595. The van der Waals surface area contributed by atoms with Gasteiger partial charge < -0.3 is 0 Å². The van der Waals surface area contributed by atoms with E-state index in [9.17, 15) is 0 Å². The zero-order valence-corrected chi connectivity index (χ0v) is 8.96. The van der Waals surface area contributed by atoms with Crippen LogP contribution in [-0.2, 0) is 0 Å². The second kappa shape index (κ2) is 4.75. The van der Waals surface area contributed by atoms with Gasteiger partial charge in [-0.15, -0.1) is 0 Å². The second-order valence-electron chi connectivity index (χ2n) is 3.74. The number of aliphatic imine (C=N–C) groups is 2. The minimum absolute atomic E-state index is 0.000694. The molecule has 0 saturated heterocycles. The van der Waals surface area contributed by atoms with Gasteiger partial charge in [0.2, 0.25) is 0 Å². The summed E-state index contributed by atoms with van der Waals surface area (Å²) in [6.45, 7) is 13.6. The monoisotopic (exact) mass is 178 g/mol. The van der Waals surface area contributed by atoms with Crippen LogP contribution in [-0.4, -0.2) is 18.6 Å². The van der Waals surface area contributed by atoms with Gasteiger partial charge in [-0.3, -0.25) is 4.99 Å². The van der Waals surface area contributed by atoms with E-state index in [-0.39, 0.29) is 5.41 Å². The summed E-state index contributed by atoms with van der Waals surface area (Å²) < 4.78 is 0. The number of hydrogen-bond acceptors (Lipinski definition) is 1. The fourth-order valence-corrected chi connectivity index (χ4v) is 0.830. The van der Waals surface area contributed by atoms with E-state index in [0.717, 1.165) is 5.71 Å². The predicted octanol–water partition coefficient (Wildman–Crippen LogP) is 2.87. The Labute approximate surface area is 80.8 Å². The third-order valence-electron chi connectivity index (χ3n) is 1.61. The van der Waals surface area contributed by atoms with E-state index in [0.29, 0.717) is 5.84 Å². The molecule has 0 aromatic carbocycles. The molecule has 0 fully saturated rings. The molecule has 0 rings (SSSR count). The van der Waals surface area contributed by atoms with Crippen LogP contribution < -0.4 is 0 Å². The number of nitrogens with zero attached hydrogens (tertiary/aromatic N) is 2. The minimum Gasteiger partial charge on any atom is -0.270 e. The van der Waals surface area contributed by atoms with Crippen LogP contribution in [0.4, 0.5) is 0 Å². The summed E-state index contributed by atoms with van der Waals surface area (Å²) in [6, 6.07) is 0. The molecule has 0 N–H and O–H groups in total. The average Bonchev–Trinajstić information content (AvgIpc) is 2.04. The zero-order chi connectivity index (χ0) is 10.5. The van der Waals surface area contributed by atoms with Gasteiger partial charge >= 0.3 is 0 Å². The maximum atomic E-state index is 4.33. The summed E-state index contributed by atoms with van der Waals surface area (Å²) in [4.78, 5) is 8.30. The third-order valence-corrected chi connectivity index (χ3v) is 1.61. The van der Waals surface area contributed by atoms with Crippen molar-refractivity contribution < 1.29 is 0 Å². The molecule has 0 heterocycles. The lowest BCUT2D eigenvalue weighted by atomic mass is 9.90. The lowest BCUT2D eigenvalue weighted by Crippen LogP contribution is -2.19. The van der Waals surface area contributed by atoms with Gasteiger partial charge in [0.15, 0.2) is 0 Å². The summed E-state index contributed by atoms with van der Waals surface area (Å²) in [5, 5.41) is 0. The summed E-state index contributed by atoms with van der Waals surface area (Å²) in [5.41, 5.74) is 0.925. The summed E-state index contributed by atoms with van der Waals surface area (Å²) in [6.07, 6.45) is 3.39. The molecule has 0 radical (unpaired) electrons. The van der Waals surface area contributed by atoms with Crippen molar-refractivity contribution in [2.75, 3.05) is 7.05 Å². The number of amidine groups is 1. The Morgan fingerprint density at radius 3 is 1.92 bits per heavy atom. The fraction of sp³-hybridized carbons (Fsp3) is 0.455. The first-order valence-electron chi connectivity index (χ1n) is 4.26. The van der Waals surface area contributed by atoms with Crippen LogP contribution in [0.5, 0.6) is 0 Å². The van der Waals surface area contributed by atoms with Gasteiger partial charge in [-0.1, -0.05) is 33.9 Å². The van der Waals surface area contributed by atoms with Crippen molar-refractivity contribution in [3.8, 4) is 0 Å². The smallest absolute Gasteiger partial charge is 0.146 e. The molecule has 2 heteroatoms. The third kappa shape index (κ3) is 3.83. The Morgan fingerprint density at radius 2 is 1.69 bits per heavy atom. The molecule has 72 valence electrons. The van der Waals surface area contributed by atoms with Gasteiger partial charge in [0.05, 0.1) is 0 Å². The molecular weight excluding hydrogens is 160 g/mol. The van der Waals surface area contributed by atoms with E-state index >= 15 is 0 Å². The molecular formula is C11H18N2. The highest BCUT2D eigenvalue weighted by Gasteiger charge is 2.15. The van der Waals surface area contributed by atoms with E-state index in [2.05, 4.69) is 43.9 Å². The number of hydrogen-bond donors (Lipinski definition) is 0. The van der Waals surface area contributed by atoms with Crippen LogP contribution in [0.3, 0.4) is 0 Å². The SMILES string of the molecule is C=CC(=NC)N=C(C=C)C(C)(C)C. The van der Waals surface area contributed by atoms with E-state index in [1.165, 1.54) is 0 Å². The van der Waals surface area contributed by atoms with Crippen molar-refractivity contribution in [3.05, 3.63) is 25.3 Å². The molecule has 2 nitrogen and oxygen atoms in total. The van der Waals surface area contributed by atoms with Gasteiger partial charge in [0, 0.05) is 18.2 Å². The molecule has 0 spiro atoms. The molecule has 13 heavy (non-hydrogen) atoms. The van der Waals surface area contributed by atoms with E-state index in [4.69, 9.17) is 0 Å². The maximum Gasteiger partial charge on any atom is 0.146 e. The first kappa shape index (κ1) is 11.8. The molecule has 0 atom stereocenters. The normalized spacial score (nSPS) is 14.2. The summed E-state index contributed by atoms with van der Waals surface area (Å²) >= 11 is 0. The van der Waals surface area contributed by atoms with Crippen LogP contribution in [0.25, 0.3) is 0 Å². The zero-order valence-electron chi connectivity index (χ0n) is 8.96. The average molecular weight is 178 g/mol. The Kier molecular flexibility index (Phi) is 4.32. The van der Waals surface area contributed by atoms with Crippen molar-refractivity contribution in [1.29, 1.82) is 0 Å². The maximum absolute atomic E-state index is 4.33. The Bertz CT molecular complexity index is 252. The lowest BCUT2D eigenvalue weighted by Gasteiger charge is -2.18. The highest BCUT2D eigenvalue weighted by molar-refractivity contribution is 6.09. The van der Waals surface area contributed by atoms with E-state index in [1.54, 1.807) is 19.2 Å².